The number of ether oxygens (including phenoxy) is 7. The number of nitrogens with zero attached hydrogens (tertiary/aromatic N) is 7. The first-order chi connectivity index (χ1) is 41.7. The van der Waals surface area contributed by atoms with E-state index in [1.54, 1.807) is 14.1 Å². The van der Waals surface area contributed by atoms with Crippen LogP contribution in [0.5, 0.6) is 0 Å². The zero-order valence-electron chi connectivity index (χ0n) is 47.9. The average Bonchev–Trinajstić information content (AvgIpc) is 1.67. The van der Waals surface area contributed by atoms with Gasteiger partial charge in [0.25, 0.3) is 24.9 Å². The molecule has 0 saturated carbocycles. The van der Waals surface area contributed by atoms with Crippen LogP contribution in [0.4, 0.5) is 16.7 Å². The zero-order valence-corrected chi connectivity index (χ0v) is 51.4. The van der Waals surface area contributed by atoms with E-state index in [0.29, 0.717) is 38.0 Å². The number of aromatic nitrogens is 8. The molecule has 9 heterocycles. The van der Waals surface area contributed by atoms with Crippen LogP contribution in [0.25, 0.3) is 22.3 Å². The molecule has 5 aliphatic heterocycles. The molecule has 0 bridgehead atoms. The molecular formula is C46H71N14O24P3S. The Morgan fingerprint density at radius 2 is 1.55 bits per heavy atom. The number of hydrogen-bond acceptors (Lipinski definition) is 28. The molecule has 42 heteroatoms. The van der Waals surface area contributed by atoms with Gasteiger partial charge in [0.1, 0.15) is 36.6 Å². The van der Waals surface area contributed by atoms with E-state index in [1.165, 1.54) is 45.2 Å². The summed E-state index contributed by atoms with van der Waals surface area (Å²) >= 11 is 1.85. The molecule has 4 amide bonds. The van der Waals surface area contributed by atoms with Crippen molar-refractivity contribution in [3.8, 4) is 0 Å². The Hall–Kier alpha value is -5.09. The zero-order chi connectivity index (χ0) is 63.3. The maximum Gasteiger partial charge on any atom is 0.487 e. The smallest absolute Gasteiger partial charge is 0.487 e. The van der Waals surface area contributed by atoms with Crippen LogP contribution in [-0.4, -0.2) is 217 Å². The van der Waals surface area contributed by atoms with Crippen LogP contribution in [0.3, 0.4) is 0 Å². The number of hydrogen-bond donors (Lipinski definition) is 11. The van der Waals surface area contributed by atoms with E-state index >= 15 is 0 Å². The summed E-state index contributed by atoms with van der Waals surface area (Å²) in [5.74, 6) is -1.25. The van der Waals surface area contributed by atoms with E-state index in [2.05, 4.69) is 59.3 Å². The van der Waals surface area contributed by atoms with Gasteiger partial charge in [0, 0.05) is 57.5 Å². The number of carbonyl (C=O) groups excluding carboxylic acids is 3. The second-order valence-corrected chi connectivity index (χ2v) is 27.2. The first-order valence-electron chi connectivity index (χ1n) is 27.8. The fourth-order valence-corrected chi connectivity index (χ4v) is 15.5. The van der Waals surface area contributed by atoms with Gasteiger partial charge in [-0.25, -0.2) is 27.8 Å². The third-order valence-corrected chi connectivity index (χ3v) is 20.3. The maximum atomic E-state index is 13.2. The number of aliphatic hydroxyl groups excluding tert-OH is 2. The van der Waals surface area contributed by atoms with Gasteiger partial charge in [-0.1, -0.05) is 11.4 Å². The van der Waals surface area contributed by atoms with Gasteiger partial charge >= 0.3 is 27.3 Å². The van der Waals surface area contributed by atoms with Gasteiger partial charge in [-0.2, -0.15) is 21.1 Å². The molecular weight excluding hydrogens is 1260 g/mol. The molecule has 0 aromatic carbocycles. The molecule has 490 valence electrons. The molecule has 3 unspecified atom stereocenters. The first kappa shape index (κ1) is 67.3. The van der Waals surface area contributed by atoms with Gasteiger partial charge in [0.15, 0.2) is 29.5 Å². The number of phosphoric ester groups is 2. The third-order valence-electron chi connectivity index (χ3n) is 14.6. The Labute approximate surface area is 503 Å². The summed E-state index contributed by atoms with van der Waals surface area (Å²) in [6.07, 6.45) is -6.48. The number of H-pyrrole nitrogens is 2. The highest BCUT2D eigenvalue weighted by Crippen LogP contribution is 2.67. The Balaban J connectivity index is 0.685. The highest BCUT2D eigenvalue weighted by molar-refractivity contribution is 8.00. The molecule has 4 aromatic heterocycles. The predicted molar refractivity (Wildman–Crippen MR) is 299 cm³/mol. The number of nitrogen functional groups attached to an aromatic ring is 1. The fraction of sp³-hybridized carbons (Fsp3) is 0.717. The molecule has 5 aliphatic rings. The second kappa shape index (κ2) is 28.6. The summed E-state index contributed by atoms with van der Waals surface area (Å²) in [4.78, 5) is 115. The van der Waals surface area contributed by atoms with Crippen LogP contribution >= 0.6 is 35.2 Å². The summed E-state index contributed by atoms with van der Waals surface area (Å²) in [5.41, 5.74) is 4.40. The maximum absolute atomic E-state index is 13.2. The van der Waals surface area contributed by atoms with Crippen LogP contribution in [0, 0.1) is 0 Å². The van der Waals surface area contributed by atoms with Gasteiger partial charge in [0.05, 0.1) is 78.3 Å². The van der Waals surface area contributed by atoms with Crippen molar-refractivity contribution >= 4 is 87.3 Å². The van der Waals surface area contributed by atoms with Crippen molar-refractivity contribution in [3.05, 3.63) is 33.4 Å². The van der Waals surface area contributed by atoms with Crippen LogP contribution in [0.1, 0.15) is 57.9 Å². The van der Waals surface area contributed by atoms with Crippen LogP contribution in [0.15, 0.2) is 22.2 Å². The highest BCUT2D eigenvalue weighted by Gasteiger charge is 2.58. The molecule has 5 saturated heterocycles. The number of urea groups is 1. The van der Waals surface area contributed by atoms with Crippen molar-refractivity contribution in [2.45, 2.75) is 118 Å². The molecule has 38 nitrogen and oxygen atoms in total. The molecule has 15 atom stereocenters. The van der Waals surface area contributed by atoms with E-state index in [4.69, 9.17) is 43.4 Å². The molecule has 4 aromatic rings. The Kier molecular flexibility index (Phi) is 21.9. The second-order valence-electron chi connectivity index (χ2n) is 21.3. The lowest BCUT2D eigenvalue weighted by Crippen LogP contribution is -2.46. The normalized spacial score (nSPS) is 28.7. The number of rotatable bonds is 33. The lowest BCUT2D eigenvalue weighted by Gasteiger charge is -2.28. The summed E-state index contributed by atoms with van der Waals surface area (Å²) in [7, 11) is -13.2. The number of anilines is 2. The standard InChI is InChI=1S/C46H71N14O24P3S/c1-46(10-9-29(62)49-12-14-75-16-18-76-17-15-74-13-11-48-28(61)8-6-5-7-27-30-24(21-88-27)51-45(67)52-30)81-35-26(80-42(36(35)82-46)59-22-50-31-37(59)53-43(47)55-39(31)65)20-78-86(70,71)84-87(72,73)83-85(68,69)77-19-25-33(63)34(64)41(79-25)60-23-58(4)32-38(60)54-44(57(2)3)56-40(32)66/h22-27,30,33-36,41-42,63-64H,5-21H2,1-4H3,(H10-,47,48,49,51,52,53,54,55,56,61,62,65,66,67,68,69,70,71,72,73)/t24-,25+,26+,27-,30-,33+,34+,35+,36+,41+,42+,46-/m0/s1. The largest absolute Gasteiger partial charge is 0.756 e. The lowest BCUT2D eigenvalue weighted by atomic mass is 10.0. The number of aromatic amines is 2. The Bertz CT molecular complexity index is 3420. The summed E-state index contributed by atoms with van der Waals surface area (Å²) in [5, 5.41) is 33.5. The molecule has 5 fully saturated rings. The van der Waals surface area contributed by atoms with Crippen LogP contribution < -0.4 is 52.5 Å². The number of unbranched alkanes of at least 4 members (excludes halogenated alkanes) is 1. The number of imidazole rings is 2. The summed E-state index contributed by atoms with van der Waals surface area (Å²) in [6, 6.07) is 0.224. The van der Waals surface area contributed by atoms with Gasteiger partial charge in [-0.05, 0) is 19.8 Å². The number of nitrogens with two attached hydrogens (primary N) is 1. The summed E-state index contributed by atoms with van der Waals surface area (Å²) < 4.78 is 102. The van der Waals surface area contributed by atoms with Crippen molar-refractivity contribution in [3.63, 3.8) is 0 Å². The van der Waals surface area contributed by atoms with E-state index in [-0.39, 0.29) is 97.5 Å². The van der Waals surface area contributed by atoms with Crippen molar-refractivity contribution in [1.29, 1.82) is 0 Å². The van der Waals surface area contributed by atoms with Crippen molar-refractivity contribution in [1.82, 2.24) is 55.3 Å². The number of aryl methyl sites for hydroxylation is 1. The van der Waals surface area contributed by atoms with Gasteiger partial charge < -0.3 is 94.5 Å². The van der Waals surface area contributed by atoms with E-state index in [1.807, 2.05) is 11.8 Å². The minimum Gasteiger partial charge on any atom is -0.756 e. The molecule has 0 spiro atoms. The number of phosphoric acid groups is 3. The molecule has 88 heavy (non-hydrogen) atoms. The topological polar surface area (TPSA) is 503 Å². The molecule has 12 N–H and O–H groups in total. The van der Waals surface area contributed by atoms with E-state index < -0.39 is 109 Å². The Morgan fingerprint density at radius 3 is 2.25 bits per heavy atom. The van der Waals surface area contributed by atoms with Crippen molar-refractivity contribution in [2.75, 3.05) is 96.4 Å². The quantitative estimate of drug-likeness (QED) is 0.00972. The summed E-state index contributed by atoms with van der Waals surface area (Å²) in [6.45, 7) is 1.46. The molecule has 9 rings (SSSR count). The highest BCUT2D eigenvalue weighted by atomic mass is 32.2. The average molecular weight is 1330 g/mol. The van der Waals surface area contributed by atoms with Gasteiger partial charge in [-0.3, -0.25) is 47.4 Å². The Morgan fingerprint density at radius 1 is 0.875 bits per heavy atom. The predicted octanol–water partition coefficient (Wildman–Crippen LogP) is -3.13. The number of amides is 4. The van der Waals surface area contributed by atoms with Crippen molar-refractivity contribution in [2.24, 2.45) is 7.05 Å². The van der Waals surface area contributed by atoms with E-state index in [0.717, 1.165) is 25.0 Å². The third kappa shape index (κ3) is 16.7. The van der Waals surface area contributed by atoms with Gasteiger partial charge in [0.2, 0.25) is 29.5 Å². The lowest BCUT2D eigenvalue weighted by molar-refractivity contribution is -0.745. The van der Waals surface area contributed by atoms with Gasteiger partial charge in [-0.15, -0.1) is 0 Å². The monoisotopic (exact) mass is 1330 g/mol. The number of carbonyl (C=O) groups is 3. The molecule has 0 aliphatic carbocycles. The number of nitrogens with one attached hydrogen (secondary N) is 6. The number of thioether (sulfide) groups is 1. The van der Waals surface area contributed by atoms with Crippen molar-refractivity contribution < 1.29 is 108 Å². The number of aliphatic hydroxyl groups is 2. The van der Waals surface area contributed by atoms with Crippen LogP contribution in [-0.2, 0) is 81.2 Å². The minimum absolute atomic E-state index is 0.0125. The molecule has 0 radical (unpaired) electrons. The first-order valence-corrected chi connectivity index (χ1v) is 33.3. The fourth-order valence-electron chi connectivity index (χ4n) is 10.4. The SMILES string of the molecule is CN(C)c1nc2c(c(=O)[nH]1)n(C)c[n+]2[C@@H]1O[C@H](COP(=O)([O-])OP(=O)(O)OP(=O)(O)OC[C@H]2O[C@@H](n3cnc4c(=O)[nH]c(N)nc43)[C@@H]3O[C@@](C)(CCC(=O)NCCOCCOCCOCCNC(=O)CCCC[C@@H]4SC[C@@H]5NC(=O)N[C@@H]54)O[C@@H]32)[C@@H](O)[C@H]1O. The van der Waals surface area contributed by atoms with E-state index in [9.17, 15) is 62.6 Å². The number of fused-ring (bicyclic) bond motifs is 4. The minimum atomic E-state index is -6.15. The van der Waals surface area contributed by atoms with Crippen LogP contribution in [0.2, 0.25) is 0 Å².